The molecule has 0 saturated carbocycles. The number of carbonyl (C=O) groups is 2. The first-order valence-corrected chi connectivity index (χ1v) is 8.76. The van der Waals surface area contributed by atoms with Crippen molar-refractivity contribution in [1.29, 1.82) is 0 Å². The number of halogens is 2. The van der Waals surface area contributed by atoms with Crippen molar-refractivity contribution in [3.8, 4) is 0 Å². The molecule has 4 nitrogen and oxygen atoms in total. The maximum atomic E-state index is 12.5. The molecule has 1 fully saturated rings. The molecule has 1 saturated heterocycles. The zero-order valence-electron chi connectivity index (χ0n) is 12.0. The lowest BCUT2D eigenvalue weighted by atomic mass is 10.1. The lowest BCUT2D eigenvalue weighted by Crippen LogP contribution is -2.49. The molecule has 1 amide bonds. The van der Waals surface area contributed by atoms with Gasteiger partial charge in [0.15, 0.2) is 0 Å². The van der Waals surface area contributed by atoms with Crippen molar-refractivity contribution < 1.29 is 14.7 Å². The van der Waals surface area contributed by atoms with Gasteiger partial charge in [-0.3, -0.25) is 9.69 Å². The number of hydrogen-bond acceptors (Lipinski definition) is 5. The van der Waals surface area contributed by atoms with Crippen molar-refractivity contribution in [2.24, 2.45) is 0 Å². The Labute approximate surface area is 153 Å². The van der Waals surface area contributed by atoms with Gasteiger partial charge in [0, 0.05) is 15.6 Å². The van der Waals surface area contributed by atoms with Gasteiger partial charge in [0.05, 0.1) is 16.9 Å². The Kier molecular flexibility index (Phi) is 6.08. The van der Waals surface area contributed by atoms with E-state index in [0.29, 0.717) is 22.0 Å². The number of benzene rings is 1. The van der Waals surface area contributed by atoms with E-state index in [1.54, 1.807) is 18.2 Å². The first-order valence-electron chi connectivity index (χ1n) is 6.78. The van der Waals surface area contributed by atoms with E-state index in [1.807, 2.05) is 6.92 Å². The lowest BCUT2D eigenvalue weighted by molar-refractivity contribution is -0.310. The highest BCUT2D eigenvalue weighted by molar-refractivity contribution is 8.26. The largest absolute Gasteiger partial charge is 0.548 e. The van der Waals surface area contributed by atoms with E-state index in [1.165, 1.54) is 6.08 Å². The van der Waals surface area contributed by atoms with Gasteiger partial charge in [0.2, 0.25) is 0 Å². The molecule has 0 radical (unpaired) electrons. The average molecular weight is 389 g/mol. The van der Waals surface area contributed by atoms with Gasteiger partial charge < -0.3 is 9.90 Å². The van der Waals surface area contributed by atoms with E-state index >= 15 is 0 Å². The highest BCUT2D eigenvalue weighted by Gasteiger charge is 2.37. The molecule has 1 aliphatic heterocycles. The number of hydrogen-bond donors (Lipinski definition) is 0. The smallest absolute Gasteiger partial charge is 0.266 e. The molecule has 0 aliphatic carbocycles. The van der Waals surface area contributed by atoms with Crippen LogP contribution in [-0.2, 0) is 9.59 Å². The second-order valence-corrected chi connectivity index (χ2v) is 7.30. The summed E-state index contributed by atoms with van der Waals surface area (Å²) in [5.41, 5.74) is 0.497. The number of rotatable bonds is 5. The third-order valence-electron chi connectivity index (χ3n) is 3.24. The van der Waals surface area contributed by atoms with Gasteiger partial charge in [-0.05, 0) is 24.6 Å². The minimum Gasteiger partial charge on any atom is -0.548 e. The average Bonchev–Trinajstić information content (AvgIpc) is 2.75. The molecule has 8 heteroatoms. The SMILES string of the molecule is CCC[C@H](C(=O)[O-])N1C(=O)/C(=C/c2c(Cl)cccc2Cl)SC1=S. The summed E-state index contributed by atoms with van der Waals surface area (Å²) >= 11 is 18.4. The topological polar surface area (TPSA) is 60.4 Å². The van der Waals surface area contributed by atoms with Crippen LogP contribution in [0.4, 0.5) is 0 Å². The molecule has 0 N–H and O–H groups in total. The molecular formula is C15H12Cl2NO3S2-. The predicted octanol–water partition coefficient (Wildman–Crippen LogP) is 3.11. The van der Waals surface area contributed by atoms with Crippen LogP contribution < -0.4 is 5.11 Å². The molecule has 23 heavy (non-hydrogen) atoms. The minimum atomic E-state index is -1.32. The highest BCUT2D eigenvalue weighted by Crippen LogP contribution is 2.37. The third kappa shape index (κ3) is 3.88. The van der Waals surface area contributed by atoms with E-state index in [2.05, 4.69) is 0 Å². The molecule has 0 spiro atoms. The molecule has 1 atom stereocenters. The molecule has 0 bridgehead atoms. The summed E-state index contributed by atoms with van der Waals surface area (Å²) in [5, 5.41) is 12.1. The number of thiocarbonyl (C=S) groups is 1. The fraction of sp³-hybridized carbons (Fsp3) is 0.267. The van der Waals surface area contributed by atoms with E-state index < -0.39 is 17.9 Å². The Balaban J connectivity index is 2.38. The summed E-state index contributed by atoms with van der Waals surface area (Å²) in [5.74, 6) is -1.79. The molecule has 0 unspecified atom stereocenters. The Morgan fingerprint density at radius 1 is 1.43 bits per heavy atom. The van der Waals surface area contributed by atoms with Crippen LogP contribution in [0, 0.1) is 0 Å². The summed E-state index contributed by atoms with van der Waals surface area (Å²) in [4.78, 5) is 25.2. The molecule has 2 rings (SSSR count). The Morgan fingerprint density at radius 3 is 2.57 bits per heavy atom. The van der Waals surface area contributed by atoms with Crippen LogP contribution in [0.25, 0.3) is 6.08 Å². The first kappa shape index (κ1) is 18.3. The lowest BCUT2D eigenvalue weighted by Gasteiger charge is -2.27. The minimum absolute atomic E-state index is 0.187. The predicted molar refractivity (Wildman–Crippen MR) is 95.2 cm³/mol. The summed E-state index contributed by atoms with van der Waals surface area (Å²) in [6.45, 7) is 1.83. The molecule has 1 heterocycles. The first-order chi connectivity index (χ1) is 10.9. The van der Waals surface area contributed by atoms with Crippen molar-refractivity contribution in [3.63, 3.8) is 0 Å². The van der Waals surface area contributed by atoms with Gasteiger partial charge in [0.1, 0.15) is 4.32 Å². The fourth-order valence-corrected chi connectivity index (χ4v) is 4.00. The molecule has 1 aromatic carbocycles. The molecule has 1 aliphatic rings. The quantitative estimate of drug-likeness (QED) is 0.572. The van der Waals surface area contributed by atoms with Gasteiger partial charge in [0.25, 0.3) is 5.91 Å². The fourth-order valence-electron chi connectivity index (χ4n) is 2.15. The Bertz CT molecular complexity index is 686. The van der Waals surface area contributed by atoms with Crippen molar-refractivity contribution >= 4 is 69.5 Å². The second-order valence-electron chi connectivity index (χ2n) is 4.81. The van der Waals surface area contributed by atoms with Crippen LogP contribution in [0.15, 0.2) is 23.1 Å². The van der Waals surface area contributed by atoms with Crippen molar-refractivity contribution in [1.82, 2.24) is 4.90 Å². The monoisotopic (exact) mass is 388 g/mol. The zero-order valence-corrected chi connectivity index (χ0v) is 15.2. The number of aliphatic carboxylic acids is 1. The van der Waals surface area contributed by atoms with E-state index in [4.69, 9.17) is 35.4 Å². The number of carbonyl (C=O) groups excluding carboxylic acids is 2. The normalized spacial score (nSPS) is 17.9. The van der Waals surface area contributed by atoms with Crippen LogP contribution in [0.1, 0.15) is 25.3 Å². The third-order valence-corrected chi connectivity index (χ3v) is 5.23. The highest BCUT2D eigenvalue weighted by atomic mass is 35.5. The molecule has 1 aromatic rings. The molecular weight excluding hydrogens is 377 g/mol. The standard InChI is InChI=1S/C15H13Cl2NO3S2/c1-2-4-11(14(20)21)18-13(19)12(23-15(18)22)7-8-9(16)5-3-6-10(8)17/h3,5-7,11H,2,4H2,1H3,(H,20,21)/p-1/b12-7-/t11-/m1/s1. The van der Waals surface area contributed by atoms with Crippen LogP contribution in [-0.4, -0.2) is 27.1 Å². The van der Waals surface area contributed by atoms with E-state index in [-0.39, 0.29) is 15.6 Å². The van der Waals surface area contributed by atoms with Crippen LogP contribution in [0.3, 0.4) is 0 Å². The summed E-state index contributed by atoms with van der Waals surface area (Å²) in [6.07, 6.45) is 2.39. The molecule has 122 valence electrons. The zero-order chi connectivity index (χ0) is 17.1. The van der Waals surface area contributed by atoms with E-state index in [9.17, 15) is 14.7 Å². The summed E-state index contributed by atoms with van der Waals surface area (Å²) in [7, 11) is 0. The number of carboxylic acid groups (broad SMARTS) is 1. The van der Waals surface area contributed by atoms with Crippen LogP contribution in [0.5, 0.6) is 0 Å². The molecule has 0 aromatic heterocycles. The Morgan fingerprint density at radius 2 is 2.04 bits per heavy atom. The van der Waals surface area contributed by atoms with Gasteiger partial charge in [-0.15, -0.1) is 0 Å². The van der Waals surface area contributed by atoms with Gasteiger partial charge >= 0.3 is 0 Å². The van der Waals surface area contributed by atoms with Crippen molar-refractivity contribution in [3.05, 3.63) is 38.7 Å². The number of carboxylic acids is 1. The van der Waals surface area contributed by atoms with Crippen LogP contribution in [0.2, 0.25) is 10.0 Å². The maximum absolute atomic E-state index is 12.5. The summed E-state index contributed by atoms with van der Waals surface area (Å²) in [6, 6.07) is 3.93. The number of amides is 1. The van der Waals surface area contributed by atoms with E-state index in [0.717, 1.165) is 16.7 Å². The maximum Gasteiger partial charge on any atom is 0.266 e. The van der Waals surface area contributed by atoms with Crippen molar-refractivity contribution in [2.45, 2.75) is 25.8 Å². The van der Waals surface area contributed by atoms with Gasteiger partial charge in [-0.2, -0.15) is 0 Å². The summed E-state index contributed by atoms with van der Waals surface area (Å²) < 4.78 is 0.187. The Hall–Kier alpha value is -1.08. The van der Waals surface area contributed by atoms with Gasteiger partial charge in [-0.1, -0.05) is 66.6 Å². The number of nitrogens with zero attached hydrogens (tertiary/aromatic N) is 1. The number of thioether (sulfide) groups is 1. The second kappa shape index (κ2) is 7.66. The van der Waals surface area contributed by atoms with Crippen molar-refractivity contribution in [2.75, 3.05) is 0 Å². The van der Waals surface area contributed by atoms with Crippen LogP contribution >= 0.6 is 47.2 Å². The van der Waals surface area contributed by atoms with Gasteiger partial charge in [-0.25, -0.2) is 0 Å².